The van der Waals surface area contributed by atoms with E-state index < -0.39 is 0 Å². The summed E-state index contributed by atoms with van der Waals surface area (Å²) in [5.74, 6) is 0.772. The Morgan fingerprint density at radius 3 is 2.54 bits per heavy atom. The number of aliphatic hydroxyl groups is 1. The molecule has 2 amide bonds. The van der Waals surface area contributed by atoms with Crippen LogP contribution in [0.25, 0.3) is 0 Å². The lowest BCUT2D eigenvalue weighted by Crippen LogP contribution is -2.69. The Balaban J connectivity index is 1.80. The summed E-state index contributed by atoms with van der Waals surface area (Å²) in [4.78, 5) is 14.8. The van der Waals surface area contributed by atoms with Crippen LogP contribution in [-0.4, -0.2) is 54.4 Å². The van der Waals surface area contributed by atoms with E-state index in [1.807, 2.05) is 36.4 Å². The number of anilines is 1. The number of benzene rings is 2. The number of methoxy groups -OCH3 is 1. The predicted molar refractivity (Wildman–Crippen MR) is 111 cm³/mol. The summed E-state index contributed by atoms with van der Waals surface area (Å²) in [5, 5.41) is 16.4. The van der Waals surface area contributed by atoms with Crippen LogP contribution in [0.5, 0.6) is 5.75 Å². The van der Waals surface area contributed by atoms with E-state index in [-0.39, 0.29) is 30.6 Å². The minimum Gasteiger partial charge on any atom is -0.497 e. The minimum atomic E-state index is -0.257. The van der Waals surface area contributed by atoms with E-state index in [9.17, 15) is 9.90 Å². The van der Waals surface area contributed by atoms with Gasteiger partial charge in [-0.3, -0.25) is 0 Å². The number of amides is 2. The van der Waals surface area contributed by atoms with Crippen molar-refractivity contribution in [1.82, 2.24) is 10.2 Å². The fraction of sp³-hybridized carbons (Fsp3) is 0.409. The molecule has 2 aromatic carbocycles. The van der Waals surface area contributed by atoms with E-state index in [0.29, 0.717) is 24.0 Å². The Morgan fingerprint density at radius 1 is 1.14 bits per heavy atom. The molecule has 0 radical (unpaired) electrons. The third-order valence-corrected chi connectivity index (χ3v) is 5.21. The van der Waals surface area contributed by atoms with Crippen molar-refractivity contribution >= 4 is 11.7 Å². The monoisotopic (exact) mass is 383 g/mol. The van der Waals surface area contributed by atoms with Gasteiger partial charge >= 0.3 is 6.03 Å². The third kappa shape index (κ3) is 4.29. The molecular formula is C22H29N3O3. The normalized spacial score (nSPS) is 21.3. The summed E-state index contributed by atoms with van der Waals surface area (Å²) >= 11 is 0. The molecule has 3 N–H and O–H groups in total. The van der Waals surface area contributed by atoms with Crippen LogP contribution in [0.2, 0.25) is 0 Å². The maximum Gasteiger partial charge on any atom is 0.322 e. The predicted octanol–water partition coefficient (Wildman–Crippen LogP) is 3.05. The van der Waals surface area contributed by atoms with Crippen LogP contribution in [0.4, 0.5) is 10.5 Å². The number of nitrogens with zero attached hydrogens (tertiary/aromatic N) is 1. The van der Waals surface area contributed by atoms with Gasteiger partial charge in [0.05, 0.1) is 25.8 Å². The van der Waals surface area contributed by atoms with Crippen LogP contribution in [-0.2, 0) is 0 Å². The lowest BCUT2D eigenvalue weighted by Gasteiger charge is -2.55. The van der Waals surface area contributed by atoms with E-state index in [1.54, 1.807) is 18.1 Å². The molecule has 2 aromatic rings. The Labute approximate surface area is 166 Å². The number of nitrogens with one attached hydrogen (secondary N) is 2. The van der Waals surface area contributed by atoms with Crippen LogP contribution in [0.15, 0.2) is 54.6 Å². The van der Waals surface area contributed by atoms with Crippen molar-refractivity contribution < 1.29 is 14.6 Å². The number of rotatable bonds is 7. The van der Waals surface area contributed by atoms with Crippen molar-refractivity contribution in [3.8, 4) is 5.75 Å². The van der Waals surface area contributed by atoms with Gasteiger partial charge in [-0.05, 0) is 17.7 Å². The molecular weight excluding hydrogens is 354 g/mol. The maximum absolute atomic E-state index is 13.0. The van der Waals surface area contributed by atoms with E-state index >= 15 is 0 Å². The van der Waals surface area contributed by atoms with Gasteiger partial charge in [-0.15, -0.1) is 0 Å². The fourth-order valence-electron chi connectivity index (χ4n) is 3.84. The molecule has 1 aliphatic heterocycles. The Bertz CT molecular complexity index is 782. The quantitative estimate of drug-likeness (QED) is 0.687. The first kappa shape index (κ1) is 20.2. The number of hydrogen-bond acceptors (Lipinski definition) is 4. The highest BCUT2D eigenvalue weighted by Gasteiger charge is 2.50. The van der Waals surface area contributed by atoms with E-state index in [4.69, 9.17) is 4.74 Å². The van der Waals surface area contributed by atoms with Crippen molar-refractivity contribution in [3.05, 3.63) is 60.2 Å². The molecule has 0 aliphatic carbocycles. The number of aliphatic hydroxyl groups excluding tert-OH is 1. The topological polar surface area (TPSA) is 73.8 Å². The molecule has 3 rings (SSSR count). The van der Waals surface area contributed by atoms with Gasteiger partial charge in [-0.2, -0.15) is 0 Å². The molecule has 0 unspecified atom stereocenters. The molecule has 3 atom stereocenters. The number of ether oxygens (including phenoxy) is 1. The van der Waals surface area contributed by atoms with Crippen LogP contribution in [0, 0.1) is 0 Å². The molecule has 0 saturated carbocycles. The lowest BCUT2D eigenvalue weighted by molar-refractivity contribution is -0.00306. The maximum atomic E-state index is 13.0. The van der Waals surface area contributed by atoms with Crippen LogP contribution in [0.1, 0.15) is 25.3 Å². The highest BCUT2D eigenvalue weighted by Crippen LogP contribution is 2.40. The molecule has 0 bridgehead atoms. The molecule has 6 nitrogen and oxygen atoms in total. The number of carbonyl (C=O) groups excluding carboxylic acids is 1. The zero-order valence-electron chi connectivity index (χ0n) is 16.6. The average molecular weight is 383 g/mol. The molecule has 1 saturated heterocycles. The number of carbonyl (C=O) groups is 1. The molecule has 150 valence electrons. The first-order valence-electron chi connectivity index (χ1n) is 9.67. The number of urea groups is 1. The molecule has 28 heavy (non-hydrogen) atoms. The van der Waals surface area contributed by atoms with E-state index in [0.717, 1.165) is 5.56 Å². The summed E-state index contributed by atoms with van der Waals surface area (Å²) in [6.07, 6.45) is 0. The second-order valence-corrected chi connectivity index (χ2v) is 7.39. The smallest absolute Gasteiger partial charge is 0.322 e. The van der Waals surface area contributed by atoms with Gasteiger partial charge in [0.25, 0.3) is 0 Å². The largest absolute Gasteiger partial charge is 0.497 e. The molecule has 1 fully saturated rings. The van der Waals surface area contributed by atoms with Crippen LogP contribution in [0.3, 0.4) is 0 Å². The molecule has 1 aliphatic rings. The fourth-order valence-corrected chi connectivity index (χ4v) is 3.84. The van der Waals surface area contributed by atoms with Crippen molar-refractivity contribution in [1.29, 1.82) is 0 Å². The zero-order chi connectivity index (χ0) is 20.1. The zero-order valence-corrected chi connectivity index (χ0v) is 16.6. The third-order valence-electron chi connectivity index (χ3n) is 5.21. The van der Waals surface area contributed by atoms with Crippen molar-refractivity contribution in [3.63, 3.8) is 0 Å². The summed E-state index contributed by atoms with van der Waals surface area (Å²) in [5.41, 5.74) is 1.81. The molecule has 0 aromatic heterocycles. The lowest BCUT2D eigenvalue weighted by atomic mass is 9.75. The van der Waals surface area contributed by atoms with Crippen molar-refractivity contribution in [2.45, 2.75) is 37.9 Å². The van der Waals surface area contributed by atoms with Gasteiger partial charge < -0.3 is 25.4 Å². The Morgan fingerprint density at radius 2 is 1.89 bits per heavy atom. The van der Waals surface area contributed by atoms with Gasteiger partial charge in [0.15, 0.2) is 0 Å². The van der Waals surface area contributed by atoms with Crippen LogP contribution < -0.4 is 15.4 Å². The average Bonchev–Trinajstić information content (AvgIpc) is 2.68. The first-order valence-corrected chi connectivity index (χ1v) is 9.67. The van der Waals surface area contributed by atoms with E-state index in [2.05, 4.69) is 36.6 Å². The van der Waals surface area contributed by atoms with Crippen LogP contribution >= 0.6 is 0 Å². The van der Waals surface area contributed by atoms with E-state index in [1.165, 1.54) is 0 Å². The van der Waals surface area contributed by atoms with Gasteiger partial charge in [-0.1, -0.05) is 50.2 Å². The number of hydrogen-bond donors (Lipinski definition) is 3. The van der Waals surface area contributed by atoms with Gasteiger partial charge in [0, 0.05) is 30.3 Å². The second-order valence-electron chi connectivity index (χ2n) is 7.39. The SMILES string of the molecule is COc1cccc(NC(=O)N2[C@H](CNC(C)C)[C@H](c3ccccc3)[C@@H]2CO)c1. The highest BCUT2D eigenvalue weighted by molar-refractivity contribution is 5.91. The second kappa shape index (κ2) is 9.08. The van der Waals surface area contributed by atoms with Gasteiger partial charge in [0.2, 0.25) is 0 Å². The summed E-state index contributed by atoms with van der Waals surface area (Å²) in [7, 11) is 1.59. The number of likely N-dealkylation sites (tertiary alicyclic amines) is 1. The molecule has 6 heteroatoms. The summed E-state index contributed by atoms with van der Waals surface area (Å²) in [6, 6.07) is 17.2. The molecule has 0 spiro atoms. The van der Waals surface area contributed by atoms with Gasteiger partial charge in [-0.25, -0.2) is 4.79 Å². The highest BCUT2D eigenvalue weighted by atomic mass is 16.5. The standard InChI is InChI=1S/C22H29N3O3/c1-15(2)23-13-19-21(16-8-5-4-6-9-16)20(14-26)25(19)22(27)24-17-10-7-11-18(12-17)28-3/h4-12,15,19-21,23,26H,13-14H2,1-3H3,(H,24,27)/t19-,20+,21+/m1/s1. The minimum absolute atomic E-state index is 0.0347. The Kier molecular flexibility index (Phi) is 6.54. The summed E-state index contributed by atoms with van der Waals surface area (Å²) < 4.78 is 5.23. The van der Waals surface area contributed by atoms with Crippen molar-refractivity contribution in [2.75, 3.05) is 25.6 Å². The summed E-state index contributed by atoms with van der Waals surface area (Å²) in [6.45, 7) is 4.75. The first-order chi connectivity index (χ1) is 13.5. The molecule has 1 heterocycles. The van der Waals surface area contributed by atoms with Gasteiger partial charge in [0.1, 0.15) is 5.75 Å². The Hall–Kier alpha value is -2.57. The van der Waals surface area contributed by atoms with Crippen molar-refractivity contribution in [2.24, 2.45) is 0 Å².